The highest BCUT2D eigenvalue weighted by Gasteiger charge is 2.13. The summed E-state index contributed by atoms with van der Waals surface area (Å²) in [5.74, 6) is -0.581. The maximum absolute atomic E-state index is 11.0. The summed E-state index contributed by atoms with van der Waals surface area (Å²) in [5, 5.41) is 12.5. The van der Waals surface area contributed by atoms with Gasteiger partial charge in [-0.15, -0.1) is 0 Å². The van der Waals surface area contributed by atoms with Crippen molar-refractivity contribution in [2.75, 3.05) is 11.4 Å². The Morgan fingerprint density at radius 1 is 1.35 bits per heavy atom. The molecule has 6 nitrogen and oxygen atoms in total. The molecule has 20 heavy (non-hydrogen) atoms. The third kappa shape index (κ3) is 3.44. The number of aromatic nitrogens is 1. The molecule has 6 heteroatoms. The topological polar surface area (TPSA) is 83.6 Å². The van der Waals surface area contributed by atoms with Gasteiger partial charge in [-0.25, -0.2) is 0 Å². The monoisotopic (exact) mass is 274 g/mol. The van der Waals surface area contributed by atoms with E-state index in [1.807, 2.05) is 30.3 Å². The SMILES string of the molecule is O=CN(CCCC(=O)O)c1cc(-c2ccccc2)no1. The molecule has 0 unspecified atom stereocenters. The minimum atomic E-state index is -0.890. The zero-order chi connectivity index (χ0) is 14.4. The Morgan fingerprint density at radius 2 is 2.10 bits per heavy atom. The maximum atomic E-state index is 11.0. The van der Waals surface area contributed by atoms with E-state index in [2.05, 4.69) is 5.16 Å². The van der Waals surface area contributed by atoms with E-state index in [0.717, 1.165) is 5.56 Å². The van der Waals surface area contributed by atoms with Gasteiger partial charge >= 0.3 is 5.97 Å². The molecule has 2 aromatic rings. The van der Waals surface area contributed by atoms with Crippen molar-refractivity contribution in [2.24, 2.45) is 0 Å². The molecule has 1 heterocycles. The van der Waals surface area contributed by atoms with Gasteiger partial charge in [0.05, 0.1) is 0 Å². The van der Waals surface area contributed by atoms with E-state index in [0.29, 0.717) is 24.4 Å². The predicted molar refractivity (Wildman–Crippen MR) is 72.2 cm³/mol. The summed E-state index contributed by atoms with van der Waals surface area (Å²) in [5.41, 5.74) is 1.52. The number of carboxylic acid groups (broad SMARTS) is 1. The van der Waals surface area contributed by atoms with E-state index in [-0.39, 0.29) is 13.0 Å². The standard InChI is InChI=1S/C14H14N2O4/c17-10-16(8-4-7-14(18)19)13-9-12(15-20-13)11-5-2-1-3-6-11/h1-3,5-6,9-10H,4,7-8H2,(H,18,19). The van der Waals surface area contributed by atoms with Gasteiger partial charge in [-0.3, -0.25) is 14.5 Å². The van der Waals surface area contributed by atoms with Gasteiger partial charge in [0.2, 0.25) is 12.3 Å². The van der Waals surface area contributed by atoms with Gasteiger partial charge in [0.15, 0.2) is 0 Å². The second kappa shape index (κ2) is 6.51. The van der Waals surface area contributed by atoms with Crippen LogP contribution < -0.4 is 4.90 Å². The van der Waals surface area contributed by atoms with Crippen LogP contribution in [0.25, 0.3) is 11.3 Å². The van der Waals surface area contributed by atoms with Crippen molar-refractivity contribution in [3.05, 3.63) is 36.4 Å². The molecule has 1 aromatic heterocycles. The quantitative estimate of drug-likeness (QED) is 0.782. The molecule has 0 spiro atoms. The van der Waals surface area contributed by atoms with Gasteiger partial charge in [0.25, 0.3) is 0 Å². The van der Waals surface area contributed by atoms with Crippen molar-refractivity contribution in [1.82, 2.24) is 5.16 Å². The summed E-state index contributed by atoms with van der Waals surface area (Å²) in [6, 6.07) is 11.1. The average Bonchev–Trinajstić information content (AvgIpc) is 2.94. The number of rotatable bonds is 7. The predicted octanol–water partition coefficient (Wildman–Crippen LogP) is 2.17. The molecule has 0 saturated carbocycles. The van der Waals surface area contributed by atoms with Crippen LogP contribution in [0.3, 0.4) is 0 Å². The fourth-order valence-electron chi connectivity index (χ4n) is 1.76. The molecule has 2 rings (SSSR count). The van der Waals surface area contributed by atoms with E-state index >= 15 is 0 Å². The summed E-state index contributed by atoms with van der Waals surface area (Å²) in [6.07, 6.45) is 0.969. The van der Waals surface area contributed by atoms with Gasteiger partial charge in [-0.1, -0.05) is 35.5 Å². The number of carboxylic acids is 1. The summed E-state index contributed by atoms with van der Waals surface area (Å²) in [6.45, 7) is 0.277. The Bertz CT molecular complexity index is 580. The lowest BCUT2D eigenvalue weighted by atomic mass is 10.1. The molecule has 0 aliphatic rings. The third-order valence-corrected chi connectivity index (χ3v) is 2.77. The van der Waals surface area contributed by atoms with Gasteiger partial charge < -0.3 is 9.63 Å². The summed E-state index contributed by atoms with van der Waals surface area (Å²) >= 11 is 0. The van der Waals surface area contributed by atoms with Crippen LogP contribution in [0.1, 0.15) is 12.8 Å². The van der Waals surface area contributed by atoms with Crippen molar-refractivity contribution in [1.29, 1.82) is 0 Å². The average molecular weight is 274 g/mol. The molecule has 1 aromatic carbocycles. The molecule has 0 radical (unpaired) electrons. The summed E-state index contributed by atoms with van der Waals surface area (Å²) in [4.78, 5) is 22.8. The van der Waals surface area contributed by atoms with Gasteiger partial charge in [0, 0.05) is 24.6 Å². The lowest BCUT2D eigenvalue weighted by Crippen LogP contribution is -2.22. The van der Waals surface area contributed by atoms with Crippen LogP contribution >= 0.6 is 0 Å². The van der Waals surface area contributed by atoms with Gasteiger partial charge in [0.1, 0.15) is 5.69 Å². The fraction of sp³-hybridized carbons (Fsp3) is 0.214. The van der Waals surface area contributed by atoms with E-state index < -0.39 is 5.97 Å². The van der Waals surface area contributed by atoms with Crippen LogP contribution in [0, 0.1) is 0 Å². The van der Waals surface area contributed by atoms with Crippen LogP contribution in [-0.2, 0) is 9.59 Å². The minimum Gasteiger partial charge on any atom is -0.481 e. The van der Waals surface area contributed by atoms with Crippen LogP contribution in [0.4, 0.5) is 5.88 Å². The molecule has 0 fully saturated rings. The van der Waals surface area contributed by atoms with Crippen LogP contribution in [0.15, 0.2) is 40.9 Å². The highest BCUT2D eigenvalue weighted by molar-refractivity contribution is 5.74. The molecule has 0 aliphatic carbocycles. The second-order valence-electron chi connectivity index (χ2n) is 4.21. The third-order valence-electron chi connectivity index (χ3n) is 2.77. The van der Waals surface area contributed by atoms with Crippen molar-refractivity contribution < 1.29 is 19.2 Å². The van der Waals surface area contributed by atoms with Gasteiger partial charge in [-0.05, 0) is 6.42 Å². The number of aliphatic carboxylic acids is 1. The number of carbonyl (C=O) groups excluding carboxylic acids is 1. The smallest absolute Gasteiger partial charge is 0.303 e. The van der Waals surface area contributed by atoms with Gasteiger partial charge in [-0.2, -0.15) is 0 Å². The highest BCUT2D eigenvalue weighted by atomic mass is 16.5. The lowest BCUT2D eigenvalue weighted by Gasteiger charge is -2.11. The number of amides is 1. The number of hydrogen-bond donors (Lipinski definition) is 1. The Morgan fingerprint density at radius 3 is 2.75 bits per heavy atom. The molecule has 1 N–H and O–H groups in total. The van der Waals surface area contributed by atoms with Crippen molar-refractivity contribution in [3.63, 3.8) is 0 Å². The molecule has 1 amide bonds. The zero-order valence-electron chi connectivity index (χ0n) is 10.7. The first kappa shape index (κ1) is 13.8. The fourth-order valence-corrected chi connectivity index (χ4v) is 1.76. The number of nitrogens with zero attached hydrogens (tertiary/aromatic N) is 2. The molecule has 104 valence electrons. The first-order chi connectivity index (χ1) is 9.70. The Kier molecular flexibility index (Phi) is 4.49. The molecule has 0 aliphatic heterocycles. The number of benzene rings is 1. The maximum Gasteiger partial charge on any atom is 0.303 e. The molecule has 0 saturated heterocycles. The highest BCUT2D eigenvalue weighted by Crippen LogP contribution is 2.23. The van der Waals surface area contributed by atoms with Crippen LogP contribution in [0.2, 0.25) is 0 Å². The zero-order valence-corrected chi connectivity index (χ0v) is 10.7. The van der Waals surface area contributed by atoms with Crippen LogP contribution in [0.5, 0.6) is 0 Å². The van der Waals surface area contributed by atoms with E-state index in [9.17, 15) is 9.59 Å². The number of hydrogen-bond acceptors (Lipinski definition) is 4. The molecular weight excluding hydrogens is 260 g/mol. The summed E-state index contributed by atoms with van der Waals surface area (Å²) in [7, 11) is 0. The summed E-state index contributed by atoms with van der Waals surface area (Å²) < 4.78 is 5.13. The number of anilines is 1. The largest absolute Gasteiger partial charge is 0.481 e. The first-order valence-electron chi connectivity index (χ1n) is 6.16. The van der Waals surface area contributed by atoms with E-state index in [1.54, 1.807) is 6.07 Å². The lowest BCUT2D eigenvalue weighted by molar-refractivity contribution is -0.137. The Balaban J connectivity index is 2.06. The normalized spacial score (nSPS) is 10.2. The first-order valence-corrected chi connectivity index (χ1v) is 6.16. The Hall–Kier alpha value is -2.63. The molecule has 0 bridgehead atoms. The molecule has 0 atom stereocenters. The van der Waals surface area contributed by atoms with Crippen molar-refractivity contribution >= 4 is 18.3 Å². The van der Waals surface area contributed by atoms with E-state index in [1.165, 1.54) is 4.90 Å². The van der Waals surface area contributed by atoms with E-state index in [4.69, 9.17) is 9.63 Å². The Labute approximate surface area is 115 Å². The molecular formula is C14H14N2O4. The minimum absolute atomic E-state index is 0.00399. The van der Waals surface area contributed by atoms with Crippen molar-refractivity contribution in [2.45, 2.75) is 12.8 Å². The van der Waals surface area contributed by atoms with Crippen molar-refractivity contribution in [3.8, 4) is 11.3 Å². The number of carbonyl (C=O) groups is 2. The second-order valence-corrected chi connectivity index (χ2v) is 4.21. The van der Waals surface area contributed by atoms with Crippen LogP contribution in [-0.4, -0.2) is 29.2 Å².